The lowest BCUT2D eigenvalue weighted by Gasteiger charge is -2.35. The van der Waals surface area contributed by atoms with Crippen molar-refractivity contribution in [1.29, 1.82) is 0 Å². The summed E-state index contributed by atoms with van der Waals surface area (Å²) in [6, 6.07) is -1.01. The minimum Gasteiger partial charge on any atom is -0.544 e. The molecule has 19 heavy (non-hydrogen) atoms. The number of aliphatic carboxylic acids is 1. The summed E-state index contributed by atoms with van der Waals surface area (Å²) in [6.45, 7) is 0.977. The number of carbonyl (C=O) groups excluding carboxylic acids is 4. The molecule has 0 aromatic carbocycles. The Labute approximate surface area is 107 Å². The Hall–Kier alpha value is -2.16. The Morgan fingerprint density at radius 2 is 2.16 bits per heavy atom. The maximum absolute atomic E-state index is 11.9. The number of carbonyl (C=O) groups is 4. The third-order valence-electron chi connectivity index (χ3n) is 2.84. The van der Waals surface area contributed by atoms with Crippen molar-refractivity contribution in [2.24, 2.45) is 0 Å². The van der Waals surface area contributed by atoms with Crippen LogP contribution in [0.1, 0.15) is 19.8 Å². The third kappa shape index (κ3) is 2.12. The summed E-state index contributed by atoms with van der Waals surface area (Å²) in [5.74, 6) is -3.76. The predicted molar refractivity (Wildman–Crippen MR) is 53.5 cm³/mol. The van der Waals surface area contributed by atoms with E-state index in [9.17, 15) is 24.3 Å². The number of carboxylic acid groups (broad SMARTS) is 1. The number of rotatable bonds is 3. The van der Waals surface area contributed by atoms with E-state index >= 15 is 0 Å². The van der Waals surface area contributed by atoms with Gasteiger partial charge < -0.3 is 20.0 Å². The van der Waals surface area contributed by atoms with Crippen molar-refractivity contribution in [1.82, 2.24) is 10.4 Å². The van der Waals surface area contributed by atoms with Crippen LogP contribution in [0.2, 0.25) is 0 Å². The minimum atomic E-state index is -2.25. The summed E-state index contributed by atoms with van der Waals surface area (Å²) in [5.41, 5.74) is -2.25. The van der Waals surface area contributed by atoms with Crippen LogP contribution >= 0.6 is 0 Å². The zero-order valence-corrected chi connectivity index (χ0v) is 10.0. The summed E-state index contributed by atoms with van der Waals surface area (Å²) >= 11 is 0. The van der Waals surface area contributed by atoms with Crippen LogP contribution in [0.25, 0.3) is 0 Å². The molecule has 2 saturated heterocycles. The molecular formula is C10H11N2O7-. The highest BCUT2D eigenvalue weighted by Crippen LogP contribution is 2.33. The number of carboxylic acids is 1. The first kappa shape index (κ1) is 13.3. The maximum Gasteiger partial charge on any atom is 0.308 e. The molecule has 9 nitrogen and oxygen atoms in total. The van der Waals surface area contributed by atoms with Crippen molar-refractivity contribution in [3.63, 3.8) is 0 Å². The highest BCUT2D eigenvalue weighted by Gasteiger charge is 2.54. The largest absolute Gasteiger partial charge is 0.544 e. The van der Waals surface area contributed by atoms with Gasteiger partial charge in [-0.1, -0.05) is 0 Å². The number of amides is 2. The van der Waals surface area contributed by atoms with Crippen LogP contribution < -0.4 is 10.4 Å². The van der Waals surface area contributed by atoms with E-state index < -0.39 is 35.5 Å². The molecular weight excluding hydrogens is 260 g/mol. The lowest BCUT2D eigenvalue weighted by atomic mass is 10.1. The van der Waals surface area contributed by atoms with Gasteiger partial charge >= 0.3 is 5.97 Å². The molecule has 2 fully saturated rings. The van der Waals surface area contributed by atoms with E-state index in [1.807, 2.05) is 0 Å². The molecule has 0 aromatic heterocycles. The number of hydroxylamine groups is 2. The lowest BCUT2D eigenvalue weighted by Crippen LogP contribution is -2.61. The van der Waals surface area contributed by atoms with E-state index in [1.54, 1.807) is 0 Å². The van der Waals surface area contributed by atoms with Gasteiger partial charge in [-0.3, -0.25) is 19.2 Å². The SMILES string of the molecule is CC(=O)N[C@H]1CON(C2(C(=O)[O-])CCC(=O)O2)C1=O. The van der Waals surface area contributed by atoms with E-state index in [4.69, 9.17) is 4.84 Å². The Kier molecular flexibility index (Phi) is 3.14. The van der Waals surface area contributed by atoms with Crippen LogP contribution in [0.3, 0.4) is 0 Å². The topological polar surface area (TPSA) is 125 Å². The molecule has 9 heteroatoms. The van der Waals surface area contributed by atoms with Gasteiger partial charge in [-0.05, 0) is 0 Å². The van der Waals surface area contributed by atoms with Crippen molar-refractivity contribution in [3.8, 4) is 0 Å². The monoisotopic (exact) mass is 271 g/mol. The first-order valence-corrected chi connectivity index (χ1v) is 5.54. The number of esters is 1. The minimum absolute atomic E-state index is 0.161. The van der Waals surface area contributed by atoms with Gasteiger partial charge in [0, 0.05) is 13.3 Å². The molecule has 2 aliphatic heterocycles. The number of cyclic esters (lactones) is 1. The zero-order valence-electron chi connectivity index (χ0n) is 10.0. The van der Waals surface area contributed by atoms with E-state index in [-0.39, 0.29) is 19.4 Å². The Bertz CT molecular complexity index is 463. The molecule has 2 aliphatic rings. The third-order valence-corrected chi connectivity index (χ3v) is 2.84. The molecule has 104 valence electrons. The second kappa shape index (κ2) is 4.50. The van der Waals surface area contributed by atoms with Crippen LogP contribution in [-0.4, -0.2) is 47.2 Å². The number of hydrogen-bond acceptors (Lipinski definition) is 7. The average molecular weight is 271 g/mol. The van der Waals surface area contributed by atoms with Crippen molar-refractivity contribution in [2.75, 3.05) is 6.61 Å². The Morgan fingerprint density at radius 1 is 1.47 bits per heavy atom. The molecule has 2 atom stereocenters. The number of nitrogens with zero attached hydrogens (tertiary/aromatic N) is 1. The molecule has 2 heterocycles. The van der Waals surface area contributed by atoms with Crippen LogP contribution in [0.15, 0.2) is 0 Å². The summed E-state index contributed by atoms with van der Waals surface area (Å²) in [6.07, 6.45) is -0.418. The van der Waals surface area contributed by atoms with Gasteiger partial charge in [0.05, 0.1) is 6.42 Å². The fourth-order valence-electron chi connectivity index (χ4n) is 1.99. The molecule has 0 spiro atoms. The van der Waals surface area contributed by atoms with Gasteiger partial charge in [0.2, 0.25) is 5.91 Å². The van der Waals surface area contributed by atoms with Crippen LogP contribution in [0.4, 0.5) is 0 Å². The highest BCUT2D eigenvalue weighted by atomic mass is 16.7. The van der Waals surface area contributed by atoms with Gasteiger partial charge in [-0.25, -0.2) is 0 Å². The molecule has 0 aliphatic carbocycles. The van der Waals surface area contributed by atoms with Crippen molar-refractivity contribution >= 4 is 23.8 Å². The van der Waals surface area contributed by atoms with E-state index in [2.05, 4.69) is 10.1 Å². The summed E-state index contributed by atoms with van der Waals surface area (Å²) in [4.78, 5) is 50.1. The first-order chi connectivity index (χ1) is 8.86. The van der Waals surface area contributed by atoms with Crippen LogP contribution in [0, 0.1) is 0 Å². The molecule has 2 rings (SSSR count). The molecule has 0 aromatic rings. The van der Waals surface area contributed by atoms with Crippen molar-refractivity contribution in [3.05, 3.63) is 0 Å². The van der Waals surface area contributed by atoms with Gasteiger partial charge in [0.15, 0.2) is 0 Å². The zero-order chi connectivity index (χ0) is 14.2. The standard InChI is InChI=1S/C10H12N2O7/c1-5(13)11-6-4-18-12(8(6)15)10(9(16)17)3-2-7(14)19-10/h6H,2-4H2,1H3,(H,11,13)(H,16,17)/p-1/t6-,10?/m0/s1. The Balaban J connectivity index is 2.21. The number of ether oxygens (including phenoxy) is 1. The molecule has 0 saturated carbocycles. The number of nitrogens with one attached hydrogen (secondary N) is 1. The van der Waals surface area contributed by atoms with Gasteiger partial charge in [0.25, 0.3) is 11.6 Å². The number of hydrogen-bond donors (Lipinski definition) is 1. The summed E-state index contributed by atoms with van der Waals surface area (Å²) in [5, 5.41) is 14.0. The van der Waals surface area contributed by atoms with Gasteiger partial charge in [-0.15, -0.1) is 0 Å². The van der Waals surface area contributed by atoms with E-state index in [1.165, 1.54) is 6.92 Å². The maximum atomic E-state index is 11.9. The normalized spacial score (nSPS) is 30.4. The van der Waals surface area contributed by atoms with Crippen LogP contribution in [-0.2, 0) is 28.8 Å². The average Bonchev–Trinajstić information content (AvgIpc) is 2.85. The molecule has 1 unspecified atom stereocenters. The summed E-state index contributed by atoms with van der Waals surface area (Å²) in [7, 11) is 0. The molecule has 0 radical (unpaired) electrons. The predicted octanol–water partition coefficient (Wildman–Crippen LogP) is -2.95. The second-order valence-corrected chi connectivity index (χ2v) is 4.23. The molecule has 1 N–H and O–H groups in total. The highest BCUT2D eigenvalue weighted by molar-refractivity contribution is 5.93. The lowest BCUT2D eigenvalue weighted by molar-refractivity contribution is -0.351. The quantitative estimate of drug-likeness (QED) is 0.544. The Morgan fingerprint density at radius 3 is 2.63 bits per heavy atom. The van der Waals surface area contributed by atoms with Gasteiger partial charge in [-0.2, -0.15) is 5.06 Å². The fourth-order valence-corrected chi connectivity index (χ4v) is 1.99. The molecule has 2 amide bonds. The van der Waals surface area contributed by atoms with Crippen molar-refractivity contribution < 1.29 is 33.9 Å². The second-order valence-electron chi connectivity index (χ2n) is 4.23. The fraction of sp³-hybridized carbons (Fsp3) is 0.600. The first-order valence-electron chi connectivity index (χ1n) is 5.54. The van der Waals surface area contributed by atoms with E-state index in [0.29, 0.717) is 5.06 Å². The van der Waals surface area contributed by atoms with Crippen molar-refractivity contribution in [2.45, 2.75) is 31.5 Å². The molecule has 0 bridgehead atoms. The van der Waals surface area contributed by atoms with E-state index in [0.717, 1.165) is 0 Å². The van der Waals surface area contributed by atoms with Gasteiger partial charge in [0.1, 0.15) is 18.6 Å². The summed E-state index contributed by atoms with van der Waals surface area (Å²) < 4.78 is 4.68. The smallest absolute Gasteiger partial charge is 0.308 e. The van der Waals surface area contributed by atoms with Crippen LogP contribution in [0.5, 0.6) is 0 Å².